The smallest absolute Gasteiger partial charge is 0.163 e. The maximum absolute atomic E-state index is 9.12. The Morgan fingerprint density at radius 1 is 1.38 bits per heavy atom. The molecule has 0 spiro atoms. The van der Waals surface area contributed by atoms with Crippen molar-refractivity contribution < 1.29 is 10.2 Å². The quantitative estimate of drug-likeness (QED) is 0.409. The second kappa shape index (κ2) is 3.95. The molecule has 0 saturated heterocycles. The van der Waals surface area contributed by atoms with Crippen LogP contribution >= 0.6 is 12.2 Å². The first-order valence-electron chi connectivity index (χ1n) is 3.64. The van der Waals surface area contributed by atoms with Crippen molar-refractivity contribution in [2.45, 2.75) is 6.54 Å². The van der Waals surface area contributed by atoms with E-state index in [1.165, 1.54) is 12.1 Å². The molecule has 13 heavy (non-hydrogen) atoms. The van der Waals surface area contributed by atoms with Gasteiger partial charge in [0.25, 0.3) is 0 Å². The van der Waals surface area contributed by atoms with Crippen LogP contribution < -0.4 is 11.1 Å². The van der Waals surface area contributed by atoms with Gasteiger partial charge in [0.1, 0.15) is 0 Å². The van der Waals surface area contributed by atoms with E-state index < -0.39 is 0 Å². The zero-order valence-corrected chi connectivity index (χ0v) is 7.64. The Balaban J connectivity index is 2.68. The second-order valence-electron chi connectivity index (χ2n) is 2.54. The molecule has 0 fully saturated rings. The molecule has 5 N–H and O–H groups in total. The van der Waals surface area contributed by atoms with Crippen LogP contribution in [0.1, 0.15) is 5.56 Å². The van der Waals surface area contributed by atoms with Crippen LogP contribution in [0.5, 0.6) is 11.5 Å². The summed E-state index contributed by atoms with van der Waals surface area (Å²) in [5.41, 5.74) is 6.01. The molecule has 5 heteroatoms. The normalized spacial score (nSPS) is 9.54. The van der Waals surface area contributed by atoms with Gasteiger partial charge in [-0.2, -0.15) is 0 Å². The summed E-state index contributed by atoms with van der Waals surface area (Å²) in [6.07, 6.45) is 0. The third-order valence-electron chi connectivity index (χ3n) is 1.51. The molecule has 0 aromatic heterocycles. The van der Waals surface area contributed by atoms with Gasteiger partial charge in [0, 0.05) is 6.54 Å². The van der Waals surface area contributed by atoms with E-state index >= 15 is 0 Å². The molecule has 0 aliphatic heterocycles. The molecule has 0 atom stereocenters. The fourth-order valence-corrected chi connectivity index (χ4v) is 0.940. The molecule has 0 saturated carbocycles. The van der Waals surface area contributed by atoms with E-state index in [0.29, 0.717) is 6.54 Å². The molecule has 0 amide bonds. The molecule has 1 aromatic carbocycles. The third kappa shape index (κ3) is 2.79. The largest absolute Gasteiger partial charge is 0.504 e. The average molecular weight is 198 g/mol. The van der Waals surface area contributed by atoms with E-state index in [0.717, 1.165) is 5.56 Å². The zero-order valence-electron chi connectivity index (χ0n) is 6.82. The number of phenolic OH excluding ortho intramolecular Hbond substituents is 2. The number of hydrogen-bond acceptors (Lipinski definition) is 3. The predicted octanol–water partition coefficient (Wildman–Crippen LogP) is 0.431. The van der Waals surface area contributed by atoms with E-state index in [2.05, 4.69) is 17.5 Å². The van der Waals surface area contributed by atoms with Crippen LogP contribution in [-0.4, -0.2) is 15.3 Å². The van der Waals surface area contributed by atoms with Gasteiger partial charge in [-0.05, 0) is 29.9 Å². The Labute approximate surface area is 81.0 Å². The lowest BCUT2D eigenvalue weighted by molar-refractivity contribution is 0.403. The Kier molecular flexibility index (Phi) is 2.92. The summed E-state index contributed by atoms with van der Waals surface area (Å²) in [4.78, 5) is 0. The highest BCUT2D eigenvalue weighted by Gasteiger charge is 1.99. The van der Waals surface area contributed by atoms with Crippen molar-refractivity contribution in [2.75, 3.05) is 0 Å². The number of nitrogens with two attached hydrogens (primary N) is 1. The van der Waals surface area contributed by atoms with Crippen LogP contribution in [0, 0.1) is 0 Å². The molecular formula is C8H10N2O2S. The van der Waals surface area contributed by atoms with Gasteiger partial charge < -0.3 is 21.3 Å². The number of benzene rings is 1. The van der Waals surface area contributed by atoms with Gasteiger partial charge in [-0.25, -0.2) is 0 Å². The van der Waals surface area contributed by atoms with Crippen molar-refractivity contribution in [1.82, 2.24) is 5.32 Å². The zero-order chi connectivity index (χ0) is 9.84. The van der Waals surface area contributed by atoms with Crippen LogP contribution in [0.4, 0.5) is 0 Å². The summed E-state index contributed by atoms with van der Waals surface area (Å²) in [7, 11) is 0. The maximum Gasteiger partial charge on any atom is 0.163 e. The Morgan fingerprint density at radius 3 is 2.62 bits per heavy atom. The number of aromatic hydroxyl groups is 2. The van der Waals surface area contributed by atoms with Crippen molar-refractivity contribution in [1.29, 1.82) is 0 Å². The van der Waals surface area contributed by atoms with Crippen molar-refractivity contribution in [3.05, 3.63) is 23.8 Å². The first-order valence-corrected chi connectivity index (χ1v) is 4.04. The minimum atomic E-state index is -0.151. The van der Waals surface area contributed by atoms with Gasteiger partial charge in [-0.3, -0.25) is 0 Å². The molecule has 0 bridgehead atoms. The Morgan fingerprint density at radius 2 is 2.08 bits per heavy atom. The van der Waals surface area contributed by atoms with E-state index in [1.807, 2.05) is 0 Å². The number of phenols is 2. The molecule has 4 nitrogen and oxygen atoms in total. The maximum atomic E-state index is 9.12. The lowest BCUT2D eigenvalue weighted by Gasteiger charge is -2.04. The summed E-state index contributed by atoms with van der Waals surface area (Å²) in [5, 5.41) is 21.1. The molecule has 70 valence electrons. The number of rotatable bonds is 2. The van der Waals surface area contributed by atoms with Crippen LogP contribution in [-0.2, 0) is 6.54 Å². The van der Waals surface area contributed by atoms with Crippen molar-refractivity contribution in [3.63, 3.8) is 0 Å². The van der Waals surface area contributed by atoms with Gasteiger partial charge in [0.05, 0.1) is 0 Å². The van der Waals surface area contributed by atoms with Crippen LogP contribution in [0.25, 0.3) is 0 Å². The van der Waals surface area contributed by atoms with Crippen molar-refractivity contribution in [2.24, 2.45) is 5.73 Å². The molecular weight excluding hydrogens is 188 g/mol. The third-order valence-corrected chi connectivity index (χ3v) is 1.65. The second-order valence-corrected chi connectivity index (χ2v) is 2.98. The first-order chi connectivity index (χ1) is 6.09. The van der Waals surface area contributed by atoms with Crippen LogP contribution in [0.2, 0.25) is 0 Å². The summed E-state index contributed by atoms with van der Waals surface area (Å²) in [6.45, 7) is 0.434. The van der Waals surface area contributed by atoms with Crippen molar-refractivity contribution >= 4 is 17.3 Å². The summed E-state index contributed by atoms with van der Waals surface area (Å²) in [5.74, 6) is -0.290. The molecule has 0 aliphatic rings. The van der Waals surface area contributed by atoms with E-state index in [1.54, 1.807) is 6.07 Å². The summed E-state index contributed by atoms with van der Waals surface area (Å²) in [6, 6.07) is 4.52. The first kappa shape index (κ1) is 9.60. The van der Waals surface area contributed by atoms with Gasteiger partial charge in [-0.15, -0.1) is 0 Å². The Hall–Kier alpha value is -1.49. The number of hydrogen-bond donors (Lipinski definition) is 4. The molecule has 0 heterocycles. The van der Waals surface area contributed by atoms with Gasteiger partial charge in [-0.1, -0.05) is 6.07 Å². The van der Waals surface area contributed by atoms with Crippen molar-refractivity contribution in [3.8, 4) is 11.5 Å². The van der Waals surface area contributed by atoms with E-state index in [-0.39, 0.29) is 16.6 Å². The minimum Gasteiger partial charge on any atom is -0.504 e. The van der Waals surface area contributed by atoms with Gasteiger partial charge >= 0.3 is 0 Å². The highest BCUT2D eigenvalue weighted by atomic mass is 32.1. The lowest BCUT2D eigenvalue weighted by atomic mass is 10.2. The van der Waals surface area contributed by atoms with E-state index in [4.69, 9.17) is 15.9 Å². The minimum absolute atomic E-state index is 0.140. The SMILES string of the molecule is NC(=S)NCc1ccc(O)c(O)c1. The summed E-state index contributed by atoms with van der Waals surface area (Å²) >= 11 is 4.61. The molecule has 0 unspecified atom stereocenters. The topological polar surface area (TPSA) is 78.5 Å². The highest BCUT2D eigenvalue weighted by molar-refractivity contribution is 7.80. The molecule has 0 aliphatic carbocycles. The van der Waals surface area contributed by atoms with E-state index in [9.17, 15) is 0 Å². The molecule has 1 aromatic rings. The van der Waals surface area contributed by atoms with Gasteiger partial charge in [0.15, 0.2) is 16.6 Å². The van der Waals surface area contributed by atoms with Crippen LogP contribution in [0.15, 0.2) is 18.2 Å². The molecule has 0 radical (unpaired) electrons. The highest BCUT2D eigenvalue weighted by Crippen LogP contribution is 2.24. The fourth-order valence-electron chi connectivity index (χ4n) is 0.868. The monoisotopic (exact) mass is 198 g/mol. The lowest BCUT2D eigenvalue weighted by Crippen LogP contribution is -2.28. The van der Waals surface area contributed by atoms with Gasteiger partial charge in [0.2, 0.25) is 0 Å². The fraction of sp³-hybridized carbons (Fsp3) is 0.125. The summed E-state index contributed by atoms with van der Waals surface area (Å²) < 4.78 is 0. The average Bonchev–Trinajstić information content (AvgIpc) is 2.07. The standard InChI is InChI=1S/C8H10N2O2S/c9-8(13)10-4-5-1-2-6(11)7(12)3-5/h1-3,11-12H,4H2,(H3,9,10,13). The number of thiocarbonyl (C=S) groups is 1. The Bertz CT molecular complexity index is 328. The number of nitrogens with one attached hydrogen (secondary N) is 1. The molecule has 1 rings (SSSR count). The predicted molar refractivity (Wildman–Crippen MR) is 53.4 cm³/mol. The van der Waals surface area contributed by atoms with Crippen LogP contribution in [0.3, 0.4) is 0 Å².